The van der Waals surface area contributed by atoms with Crippen LogP contribution in [0.4, 0.5) is 5.69 Å². The summed E-state index contributed by atoms with van der Waals surface area (Å²) in [5, 5.41) is 16.3. The average Bonchev–Trinajstić information content (AvgIpc) is 2.42. The highest BCUT2D eigenvalue weighted by atomic mass is 16.3. The van der Waals surface area contributed by atoms with Crippen molar-refractivity contribution in [3.63, 3.8) is 0 Å². The molecule has 2 rings (SSSR count). The molecule has 0 aromatic heterocycles. The van der Waals surface area contributed by atoms with Crippen LogP contribution < -0.4 is 4.91 Å². The minimum atomic E-state index is -0.446. The van der Waals surface area contributed by atoms with Crippen molar-refractivity contribution in [3.8, 4) is 5.75 Å². The van der Waals surface area contributed by atoms with Gasteiger partial charge in [-0.2, -0.15) is 0 Å². The average molecular weight is 240 g/mol. The molecule has 0 bridgehead atoms. The van der Waals surface area contributed by atoms with Crippen LogP contribution in [-0.4, -0.2) is 11.0 Å². The van der Waals surface area contributed by atoms with E-state index in [1.807, 2.05) is 6.07 Å². The molecule has 0 aliphatic rings. The summed E-state index contributed by atoms with van der Waals surface area (Å²) in [6.45, 7) is 0. The maximum atomic E-state index is 11.5. The molecule has 0 aliphatic carbocycles. The third-order valence-corrected chi connectivity index (χ3v) is 2.17. The number of carbonyl (C=O) groups is 1. The number of aromatic hydroxyl groups is 1. The summed E-state index contributed by atoms with van der Waals surface area (Å²) in [6, 6.07) is 14.7. The molecule has 0 spiro atoms. The largest absolute Gasteiger partial charge is 0.508 e. The molecule has 2 aromatic carbocycles. The van der Waals surface area contributed by atoms with Gasteiger partial charge in [0.2, 0.25) is 10.0 Å². The molecule has 0 fully saturated rings. The summed E-state index contributed by atoms with van der Waals surface area (Å²) in [6.07, 6.45) is 0. The van der Waals surface area contributed by atoms with E-state index in [1.54, 1.807) is 36.4 Å². The van der Waals surface area contributed by atoms with Crippen LogP contribution in [0.25, 0.3) is 0 Å². The summed E-state index contributed by atoms with van der Waals surface area (Å²) in [5.41, 5.74) is 0.972. The monoisotopic (exact) mass is 240 g/mol. The molecule has 2 aromatic rings. The number of hydrogen-bond donors (Lipinski definition) is 1. The number of phenolic OH excluding ortho intramolecular Hbond substituents is 1. The first kappa shape index (κ1) is 11.7. The minimum absolute atomic E-state index is 0.145. The summed E-state index contributed by atoms with van der Waals surface area (Å²) in [4.78, 5) is 15.0. The molecule has 0 atom stereocenters. The fourth-order valence-corrected chi connectivity index (χ4v) is 1.27. The fraction of sp³-hybridized carbons (Fsp3) is 0. The molecule has 1 N–H and O–H groups in total. The highest BCUT2D eigenvalue weighted by molar-refractivity contribution is 5.94. The van der Waals surface area contributed by atoms with Crippen LogP contribution in [0.3, 0.4) is 0 Å². The molecular formula is C13H10N3O2+. The Morgan fingerprint density at radius 3 is 2.33 bits per heavy atom. The van der Waals surface area contributed by atoms with E-state index in [2.05, 4.69) is 15.1 Å². The molecule has 0 radical (unpaired) electrons. The molecular weight excluding hydrogens is 230 g/mol. The van der Waals surface area contributed by atoms with Gasteiger partial charge in [0.15, 0.2) is 10.8 Å². The van der Waals surface area contributed by atoms with Gasteiger partial charge in [-0.3, -0.25) is 4.79 Å². The van der Waals surface area contributed by atoms with Gasteiger partial charge < -0.3 is 5.11 Å². The Hall–Kier alpha value is -2.78. The Kier molecular flexibility index (Phi) is 3.59. The van der Waals surface area contributed by atoms with Crippen molar-refractivity contribution < 1.29 is 9.90 Å². The van der Waals surface area contributed by atoms with Crippen molar-refractivity contribution in [1.29, 1.82) is 0 Å². The maximum Gasteiger partial charge on any atom is 0.360 e. The van der Waals surface area contributed by atoms with Gasteiger partial charge in [-0.1, -0.05) is 18.2 Å². The van der Waals surface area contributed by atoms with Crippen molar-refractivity contribution >= 4 is 11.6 Å². The van der Waals surface area contributed by atoms with Crippen molar-refractivity contribution in [2.24, 2.45) is 10.2 Å². The second-order valence-corrected chi connectivity index (χ2v) is 3.48. The Balaban J connectivity index is 2.11. The van der Waals surface area contributed by atoms with Gasteiger partial charge in [-0.05, 0) is 36.4 Å². The lowest BCUT2D eigenvalue weighted by Gasteiger charge is -1.86. The first-order valence-corrected chi connectivity index (χ1v) is 5.26. The topological polar surface area (TPSA) is 76.1 Å². The summed E-state index contributed by atoms with van der Waals surface area (Å²) in [7, 11) is 0. The predicted molar refractivity (Wildman–Crippen MR) is 65.5 cm³/mol. The van der Waals surface area contributed by atoms with Crippen LogP contribution in [0, 0.1) is 0 Å². The molecule has 88 valence electrons. The third kappa shape index (κ3) is 3.10. The fourth-order valence-electron chi connectivity index (χ4n) is 1.27. The van der Waals surface area contributed by atoms with E-state index < -0.39 is 5.91 Å². The highest BCUT2D eigenvalue weighted by Gasteiger charge is 2.08. The maximum absolute atomic E-state index is 11.5. The third-order valence-electron chi connectivity index (χ3n) is 2.17. The van der Waals surface area contributed by atoms with Crippen LogP contribution in [0.2, 0.25) is 0 Å². The first-order chi connectivity index (χ1) is 8.75. The summed E-state index contributed by atoms with van der Waals surface area (Å²) in [5.74, 6) is -0.302. The number of carbonyl (C=O) groups excluding carboxylic acids is 1. The molecule has 18 heavy (non-hydrogen) atoms. The van der Waals surface area contributed by atoms with Crippen LogP contribution in [0.15, 0.2) is 64.8 Å². The highest BCUT2D eigenvalue weighted by Crippen LogP contribution is 2.15. The zero-order valence-corrected chi connectivity index (χ0v) is 9.39. The van der Waals surface area contributed by atoms with E-state index in [0.29, 0.717) is 11.3 Å². The van der Waals surface area contributed by atoms with Crippen molar-refractivity contribution in [1.82, 2.24) is 4.91 Å². The molecule has 5 nitrogen and oxygen atoms in total. The normalized spacial score (nSPS) is 9.33. The Bertz CT molecular complexity index is 600. The van der Waals surface area contributed by atoms with Gasteiger partial charge in [0.25, 0.3) is 0 Å². The van der Waals surface area contributed by atoms with Crippen molar-refractivity contribution in [2.75, 3.05) is 0 Å². The number of rotatable bonds is 2. The number of benzene rings is 2. The van der Waals surface area contributed by atoms with Crippen molar-refractivity contribution in [3.05, 3.63) is 60.2 Å². The molecule has 5 heteroatoms. The van der Waals surface area contributed by atoms with Gasteiger partial charge in [0, 0.05) is 5.56 Å². The molecule has 0 heterocycles. The van der Waals surface area contributed by atoms with Gasteiger partial charge in [-0.15, -0.1) is 0 Å². The molecule has 1 amide bonds. The zero-order chi connectivity index (χ0) is 12.8. The Morgan fingerprint density at radius 2 is 1.67 bits per heavy atom. The number of phenols is 1. The first-order valence-electron chi connectivity index (χ1n) is 5.26. The lowest BCUT2D eigenvalue weighted by molar-refractivity contribution is 0.0992. The molecule has 0 aliphatic heterocycles. The number of nitrogens with zero attached hydrogens (tertiary/aromatic N) is 3. The Morgan fingerprint density at radius 1 is 1.00 bits per heavy atom. The predicted octanol–water partition coefficient (Wildman–Crippen LogP) is 2.84. The van der Waals surface area contributed by atoms with E-state index in [4.69, 9.17) is 5.11 Å². The summed E-state index contributed by atoms with van der Waals surface area (Å²) < 4.78 is 0. The quantitative estimate of drug-likeness (QED) is 0.647. The second-order valence-electron chi connectivity index (χ2n) is 3.48. The van der Waals surface area contributed by atoms with Crippen LogP contribution in [-0.2, 0) is 0 Å². The lowest BCUT2D eigenvalue weighted by Crippen LogP contribution is -1.93. The van der Waals surface area contributed by atoms with Gasteiger partial charge in [0.1, 0.15) is 5.75 Å². The number of amides is 1. The van der Waals surface area contributed by atoms with Crippen LogP contribution >= 0.6 is 0 Å². The van der Waals surface area contributed by atoms with E-state index in [9.17, 15) is 4.79 Å². The standard InChI is InChI=1S/C13H9N3O2/c17-12-8-6-11(7-9-12)14-16-15-13(18)10-4-2-1-3-5-10/h1-9H/p+1. The van der Waals surface area contributed by atoms with E-state index in [1.165, 1.54) is 12.1 Å². The van der Waals surface area contributed by atoms with Crippen LogP contribution in [0.1, 0.15) is 10.4 Å². The van der Waals surface area contributed by atoms with E-state index in [-0.39, 0.29) is 5.75 Å². The second kappa shape index (κ2) is 5.52. The lowest BCUT2D eigenvalue weighted by atomic mass is 10.2. The Labute approximate surface area is 103 Å². The van der Waals surface area contributed by atoms with E-state index in [0.717, 1.165) is 0 Å². The number of hydrogen-bond acceptors (Lipinski definition) is 3. The van der Waals surface area contributed by atoms with Crippen LogP contribution in [0.5, 0.6) is 5.75 Å². The van der Waals surface area contributed by atoms with Gasteiger partial charge in [-0.25, -0.2) is 0 Å². The molecule has 0 saturated heterocycles. The zero-order valence-electron chi connectivity index (χ0n) is 9.39. The molecule has 0 saturated carbocycles. The summed E-state index contributed by atoms with van der Waals surface area (Å²) >= 11 is 0. The van der Waals surface area contributed by atoms with E-state index >= 15 is 0 Å². The minimum Gasteiger partial charge on any atom is -0.508 e. The van der Waals surface area contributed by atoms with Gasteiger partial charge >= 0.3 is 5.91 Å². The smallest absolute Gasteiger partial charge is 0.360 e. The van der Waals surface area contributed by atoms with Crippen molar-refractivity contribution in [2.45, 2.75) is 0 Å². The molecule has 0 unspecified atom stereocenters. The van der Waals surface area contributed by atoms with Gasteiger partial charge in [0.05, 0.1) is 0 Å². The SMILES string of the molecule is O=C(N=[N+]=Nc1ccc(O)cc1)c1ccccc1.